The van der Waals surface area contributed by atoms with E-state index < -0.39 is 0 Å². The first-order valence-corrected chi connectivity index (χ1v) is 6.35. The van der Waals surface area contributed by atoms with Crippen LogP contribution in [0.1, 0.15) is 25.7 Å². The van der Waals surface area contributed by atoms with Crippen LogP contribution in [0.25, 0.3) is 11.1 Å². The molecule has 17 heavy (non-hydrogen) atoms. The van der Waals surface area contributed by atoms with E-state index in [0.717, 1.165) is 19.4 Å². The zero-order valence-corrected chi connectivity index (χ0v) is 10.9. The monoisotopic (exact) mass is 270 g/mol. The van der Waals surface area contributed by atoms with Gasteiger partial charge in [0, 0.05) is 5.02 Å². The summed E-state index contributed by atoms with van der Waals surface area (Å²) >= 11 is 12.0. The molecule has 0 aliphatic carbocycles. The summed E-state index contributed by atoms with van der Waals surface area (Å²) < 4.78 is 5.78. The number of hydrogen-bond acceptors (Lipinski definition) is 3. The summed E-state index contributed by atoms with van der Waals surface area (Å²) in [6, 6.07) is 3.44. The van der Waals surface area contributed by atoms with Crippen molar-refractivity contribution in [1.29, 1.82) is 0 Å². The van der Waals surface area contributed by atoms with E-state index in [1.807, 2.05) is 0 Å². The maximum absolute atomic E-state index is 6.09. The Hall–Kier alpha value is -0.770. The highest BCUT2D eigenvalue weighted by molar-refractivity contribution is 6.37. The molecule has 3 rings (SSSR count). The van der Waals surface area contributed by atoms with E-state index in [0.29, 0.717) is 27.0 Å². The van der Waals surface area contributed by atoms with Crippen molar-refractivity contribution in [3.63, 3.8) is 0 Å². The van der Waals surface area contributed by atoms with E-state index in [2.05, 4.69) is 17.2 Å². The van der Waals surface area contributed by atoms with Crippen LogP contribution in [0.5, 0.6) is 0 Å². The Morgan fingerprint density at radius 1 is 1.41 bits per heavy atom. The number of hydrogen-bond donors (Lipinski definition) is 1. The number of fused-ring (bicyclic) bond motifs is 1. The van der Waals surface area contributed by atoms with E-state index in [4.69, 9.17) is 27.6 Å². The topological polar surface area (TPSA) is 38.1 Å². The summed E-state index contributed by atoms with van der Waals surface area (Å²) in [5.41, 5.74) is 1.14. The van der Waals surface area contributed by atoms with Gasteiger partial charge in [-0.05, 0) is 38.4 Å². The number of nitrogens with one attached hydrogen (secondary N) is 1. The fourth-order valence-corrected chi connectivity index (χ4v) is 2.79. The fourth-order valence-electron chi connectivity index (χ4n) is 2.27. The summed E-state index contributed by atoms with van der Waals surface area (Å²) in [6.45, 7) is 3.09. The highest BCUT2D eigenvalue weighted by Crippen LogP contribution is 2.35. The summed E-state index contributed by atoms with van der Waals surface area (Å²) in [6.07, 6.45) is 2.15. The normalized spacial score (nSPS) is 24.6. The molecule has 1 aromatic heterocycles. The van der Waals surface area contributed by atoms with Crippen LogP contribution in [-0.2, 0) is 5.54 Å². The average Bonchev–Trinajstić information content (AvgIpc) is 2.84. The maximum Gasteiger partial charge on any atom is 0.215 e. The highest BCUT2D eigenvalue weighted by Gasteiger charge is 2.35. The Morgan fingerprint density at radius 2 is 2.24 bits per heavy atom. The molecule has 0 saturated carbocycles. The minimum absolute atomic E-state index is 0.186. The average molecular weight is 271 g/mol. The number of oxazole rings is 1. The molecule has 1 aliphatic rings. The van der Waals surface area contributed by atoms with E-state index in [-0.39, 0.29) is 5.54 Å². The maximum atomic E-state index is 6.09. The Balaban J connectivity index is 2.16. The number of halogens is 2. The predicted molar refractivity (Wildman–Crippen MR) is 68.6 cm³/mol. The smallest absolute Gasteiger partial charge is 0.215 e. The standard InChI is InChI=1S/C12H12Cl2N2O/c1-12(3-2-4-15-12)11-16-9-6-7(13)5-8(14)10(9)17-11/h5-6,15H,2-4H2,1H3. The van der Waals surface area contributed by atoms with Crippen molar-refractivity contribution in [2.24, 2.45) is 0 Å². The molecule has 3 nitrogen and oxygen atoms in total. The molecule has 2 heterocycles. The number of rotatable bonds is 1. The number of nitrogens with zero attached hydrogens (tertiary/aromatic N) is 1. The summed E-state index contributed by atoms with van der Waals surface area (Å²) in [4.78, 5) is 4.49. The van der Waals surface area contributed by atoms with Gasteiger partial charge < -0.3 is 9.73 Å². The minimum atomic E-state index is -0.186. The Labute approximate surface area is 109 Å². The molecule has 1 atom stereocenters. The molecular weight excluding hydrogens is 259 g/mol. The Kier molecular flexibility index (Phi) is 2.58. The molecule has 1 saturated heterocycles. The first-order valence-electron chi connectivity index (χ1n) is 5.60. The summed E-state index contributed by atoms with van der Waals surface area (Å²) in [5, 5.41) is 4.50. The van der Waals surface area contributed by atoms with Crippen LogP contribution in [0.3, 0.4) is 0 Å². The van der Waals surface area contributed by atoms with Gasteiger partial charge in [-0.3, -0.25) is 0 Å². The van der Waals surface area contributed by atoms with Crippen molar-refractivity contribution in [3.05, 3.63) is 28.1 Å². The molecule has 5 heteroatoms. The second kappa shape index (κ2) is 3.87. The molecule has 0 amide bonds. The van der Waals surface area contributed by atoms with Crippen LogP contribution in [0.15, 0.2) is 16.5 Å². The molecule has 1 aliphatic heterocycles. The third kappa shape index (κ3) is 1.82. The lowest BCUT2D eigenvalue weighted by Gasteiger charge is -2.19. The van der Waals surface area contributed by atoms with Gasteiger partial charge in [0.15, 0.2) is 5.58 Å². The van der Waals surface area contributed by atoms with Gasteiger partial charge in [0.1, 0.15) is 5.52 Å². The highest BCUT2D eigenvalue weighted by atomic mass is 35.5. The molecule has 1 aromatic carbocycles. The van der Waals surface area contributed by atoms with E-state index >= 15 is 0 Å². The second-order valence-electron chi connectivity index (χ2n) is 4.62. The zero-order valence-electron chi connectivity index (χ0n) is 9.39. The van der Waals surface area contributed by atoms with Gasteiger partial charge in [0.05, 0.1) is 10.6 Å². The summed E-state index contributed by atoms with van der Waals surface area (Å²) in [7, 11) is 0. The third-order valence-electron chi connectivity index (χ3n) is 3.25. The molecule has 0 spiro atoms. The van der Waals surface area contributed by atoms with Crippen LogP contribution in [0.2, 0.25) is 10.0 Å². The Bertz CT molecular complexity index is 573. The molecular formula is C12H12Cl2N2O. The van der Waals surface area contributed by atoms with Gasteiger partial charge in [-0.2, -0.15) is 0 Å². The van der Waals surface area contributed by atoms with Crippen molar-refractivity contribution in [1.82, 2.24) is 10.3 Å². The quantitative estimate of drug-likeness (QED) is 0.858. The van der Waals surface area contributed by atoms with Crippen molar-refractivity contribution in [2.75, 3.05) is 6.54 Å². The lowest BCUT2D eigenvalue weighted by atomic mass is 10.0. The van der Waals surface area contributed by atoms with Gasteiger partial charge in [-0.1, -0.05) is 23.2 Å². The predicted octanol–water partition coefficient (Wildman–Crippen LogP) is 3.73. The molecule has 0 bridgehead atoms. The zero-order chi connectivity index (χ0) is 12.0. The molecule has 1 unspecified atom stereocenters. The van der Waals surface area contributed by atoms with Crippen molar-refractivity contribution in [2.45, 2.75) is 25.3 Å². The molecule has 0 radical (unpaired) electrons. The number of benzene rings is 1. The lowest BCUT2D eigenvalue weighted by molar-refractivity contribution is 0.330. The first kappa shape index (κ1) is 11.3. The van der Waals surface area contributed by atoms with Crippen molar-refractivity contribution in [3.8, 4) is 0 Å². The third-order valence-corrected chi connectivity index (χ3v) is 3.75. The molecule has 1 N–H and O–H groups in total. The van der Waals surface area contributed by atoms with Crippen LogP contribution in [0.4, 0.5) is 0 Å². The van der Waals surface area contributed by atoms with Crippen LogP contribution in [-0.4, -0.2) is 11.5 Å². The van der Waals surface area contributed by atoms with E-state index in [1.54, 1.807) is 12.1 Å². The fraction of sp³-hybridized carbons (Fsp3) is 0.417. The first-order chi connectivity index (χ1) is 8.08. The largest absolute Gasteiger partial charge is 0.437 e. The van der Waals surface area contributed by atoms with Gasteiger partial charge in [-0.15, -0.1) is 0 Å². The SMILES string of the molecule is CC1(c2nc3cc(Cl)cc(Cl)c3o2)CCCN1. The van der Waals surface area contributed by atoms with E-state index in [1.165, 1.54) is 0 Å². The van der Waals surface area contributed by atoms with Crippen molar-refractivity contribution >= 4 is 34.3 Å². The van der Waals surface area contributed by atoms with Crippen LogP contribution >= 0.6 is 23.2 Å². The van der Waals surface area contributed by atoms with Crippen LogP contribution < -0.4 is 5.32 Å². The minimum Gasteiger partial charge on any atom is -0.437 e. The molecule has 90 valence electrons. The van der Waals surface area contributed by atoms with Gasteiger partial charge in [0.25, 0.3) is 0 Å². The molecule has 1 fully saturated rings. The summed E-state index contributed by atoms with van der Waals surface area (Å²) in [5.74, 6) is 0.689. The van der Waals surface area contributed by atoms with Gasteiger partial charge in [-0.25, -0.2) is 4.98 Å². The van der Waals surface area contributed by atoms with Crippen molar-refractivity contribution < 1.29 is 4.42 Å². The molecule has 2 aromatic rings. The van der Waals surface area contributed by atoms with Gasteiger partial charge >= 0.3 is 0 Å². The van der Waals surface area contributed by atoms with E-state index in [9.17, 15) is 0 Å². The second-order valence-corrected chi connectivity index (χ2v) is 5.46. The Morgan fingerprint density at radius 3 is 2.94 bits per heavy atom. The lowest BCUT2D eigenvalue weighted by Crippen LogP contribution is -2.33. The number of aromatic nitrogens is 1. The van der Waals surface area contributed by atoms with Gasteiger partial charge in [0.2, 0.25) is 5.89 Å². The van der Waals surface area contributed by atoms with Crippen LogP contribution in [0, 0.1) is 0 Å².